The zero-order chi connectivity index (χ0) is 15.8. The van der Waals surface area contributed by atoms with Crippen LogP contribution < -0.4 is 4.74 Å². The molecule has 1 amide bonds. The van der Waals surface area contributed by atoms with E-state index in [9.17, 15) is 4.79 Å². The van der Waals surface area contributed by atoms with E-state index in [1.54, 1.807) is 21.7 Å². The van der Waals surface area contributed by atoms with Crippen LogP contribution in [0.2, 0.25) is 0 Å². The van der Waals surface area contributed by atoms with Gasteiger partial charge in [-0.25, -0.2) is 9.97 Å². The summed E-state index contributed by atoms with van der Waals surface area (Å²) in [5.74, 6) is 0.658. The summed E-state index contributed by atoms with van der Waals surface area (Å²) in [6, 6.07) is 11.3. The lowest BCUT2D eigenvalue weighted by Crippen LogP contribution is -2.56. The Morgan fingerprint density at radius 3 is 3.00 bits per heavy atom. The minimum absolute atomic E-state index is 0.0142. The van der Waals surface area contributed by atoms with Crippen LogP contribution in [0.3, 0.4) is 0 Å². The number of hydrogen-bond acceptors (Lipinski definition) is 5. The van der Waals surface area contributed by atoms with Crippen LogP contribution >= 0.6 is 11.3 Å². The molecule has 0 unspecified atom stereocenters. The summed E-state index contributed by atoms with van der Waals surface area (Å²) >= 11 is 1.55. The van der Waals surface area contributed by atoms with Crippen molar-refractivity contribution in [3.63, 3.8) is 0 Å². The predicted molar refractivity (Wildman–Crippen MR) is 88.9 cm³/mol. The topological polar surface area (TPSA) is 55.3 Å². The molecule has 0 bridgehead atoms. The van der Waals surface area contributed by atoms with E-state index < -0.39 is 0 Å². The maximum atomic E-state index is 12.5. The first-order chi connectivity index (χ1) is 11.2. The van der Waals surface area contributed by atoms with E-state index in [-0.39, 0.29) is 12.0 Å². The lowest BCUT2D eigenvalue weighted by atomic mass is 10.1. The molecule has 1 aliphatic rings. The fraction of sp³-hybridized carbons (Fsp3) is 0.235. The highest BCUT2D eigenvalue weighted by atomic mass is 32.1. The van der Waals surface area contributed by atoms with Crippen molar-refractivity contribution in [2.75, 3.05) is 13.1 Å². The van der Waals surface area contributed by atoms with Gasteiger partial charge in [0.15, 0.2) is 0 Å². The van der Waals surface area contributed by atoms with E-state index in [1.807, 2.05) is 43.3 Å². The molecule has 3 aromatic rings. The molecule has 0 radical (unpaired) electrons. The molecule has 1 fully saturated rings. The summed E-state index contributed by atoms with van der Waals surface area (Å²) in [5.41, 5.74) is 4.35. The van der Waals surface area contributed by atoms with E-state index in [0.29, 0.717) is 24.5 Å². The maximum Gasteiger partial charge on any atom is 0.254 e. The fourth-order valence-electron chi connectivity index (χ4n) is 2.60. The van der Waals surface area contributed by atoms with Crippen LogP contribution in [0.25, 0.3) is 10.2 Å². The first-order valence-corrected chi connectivity index (χ1v) is 8.30. The van der Waals surface area contributed by atoms with E-state index >= 15 is 0 Å². The molecule has 6 heteroatoms. The molecule has 23 heavy (non-hydrogen) atoms. The monoisotopic (exact) mass is 325 g/mol. The molecule has 0 spiro atoms. The van der Waals surface area contributed by atoms with Crippen LogP contribution in [0.15, 0.2) is 41.9 Å². The summed E-state index contributed by atoms with van der Waals surface area (Å²) in [5, 5.41) is 0. The van der Waals surface area contributed by atoms with E-state index in [1.165, 1.54) is 0 Å². The number of rotatable bonds is 3. The summed E-state index contributed by atoms with van der Waals surface area (Å²) in [4.78, 5) is 22.8. The summed E-state index contributed by atoms with van der Waals surface area (Å²) in [6.07, 6.45) is 0.0142. The van der Waals surface area contributed by atoms with Gasteiger partial charge in [-0.15, -0.1) is 11.3 Å². The van der Waals surface area contributed by atoms with Crippen LogP contribution in [-0.2, 0) is 0 Å². The largest absolute Gasteiger partial charge is 0.471 e. The van der Waals surface area contributed by atoms with Gasteiger partial charge in [-0.1, -0.05) is 6.07 Å². The Bertz CT molecular complexity index is 871. The average molecular weight is 325 g/mol. The predicted octanol–water partition coefficient (Wildman–Crippen LogP) is 2.90. The number of hydrogen-bond donors (Lipinski definition) is 0. The van der Waals surface area contributed by atoms with Gasteiger partial charge in [-0.2, -0.15) is 0 Å². The Morgan fingerprint density at radius 1 is 1.30 bits per heavy atom. The second-order valence-corrected chi connectivity index (χ2v) is 6.49. The second-order valence-electron chi connectivity index (χ2n) is 5.60. The van der Waals surface area contributed by atoms with E-state index in [0.717, 1.165) is 15.9 Å². The number of carbonyl (C=O) groups excluding carboxylic acids is 1. The van der Waals surface area contributed by atoms with Crippen molar-refractivity contribution in [3.05, 3.63) is 53.2 Å². The van der Waals surface area contributed by atoms with Crippen molar-refractivity contribution >= 4 is 27.5 Å². The van der Waals surface area contributed by atoms with Crippen LogP contribution in [0.4, 0.5) is 0 Å². The third-order valence-corrected chi connectivity index (χ3v) is 4.66. The number of likely N-dealkylation sites (tertiary alicyclic amines) is 1. The zero-order valence-corrected chi connectivity index (χ0v) is 13.4. The zero-order valence-electron chi connectivity index (χ0n) is 12.6. The Balaban J connectivity index is 1.40. The third-order valence-electron chi connectivity index (χ3n) is 3.86. The van der Waals surface area contributed by atoms with Gasteiger partial charge < -0.3 is 9.64 Å². The number of thiazole rings is 1. The molecule has 5 nitrogen and oxygen atoms in total. The summed E-state index contributed by atoms with van der Waals surface area (Å²) in [7, 11) is 0. The summed E-state index contributed by atoms with van der Waals surface area (Å²) in [6.45, 7) is 3.11. The van der Waals surface area contributed by atoms with Crippen molar-refractivity contribution in [3.8, 4) is 5.88 Å². The first kappa shape index (κ1) is 14.1. The summed E-state index contributed by atoms with van der Waals surface area (Å²) < 4.78 is 6.83. The third kappa shape index (κ3) is 2.77. The Labute approximate surface area is 137 Å². The van der Waals surface area contributed by atoms with Gasteiger partial charge in [0.25, 0.3) is 5.91 Å². The lowest BCUT2D eigenvalue weighted by molar-refractivity contribution is 0.0160. The number of aromatic nitrogens is 2. The number of fused-ring (bicyclic) bond motifs is 1. The van der Waals surface area contributed by atoms with Crippen LogP contribution in [0.5, 0.6) is 5.88 Å². The molecule has 0 aliphatic carbocycles. The molecule has 2 aromatic heterocycles. The minimum atomic E-state index is 0.0142. The number of benzene rings is 1. The van der Waals surface area contributed by atoms with Crippen molar-refractivity contribution < 1.29 is 9.53 Å². The minimum Gasteiger partial charge on any atom is -0.471 e. The Kier molecular flexibility index (Phi) is 3.46. The van der Waals surface area contributed by atoms with Gasteiger partial charge in [0.1, 0.15) is 6.10 Å². The Morgan fingerprint density at radius 2 is 2.17 bits per heavy atom. The van der Waals surface area contributed by atoms with Gasteiger partial charge in [-0.05, 0) is 31.2 Å². The number of pyridine rings is 1. The average Bonchev–Trinajstić information content (AvgIpc) is 2.97. The van der Waals surface area contributed by atoms with Gasteiger partial charge >= 0.3 is 0 Å². The second kappa shape index (κ2) is 5.62. The van der Waals surface area contributed by atoms with Crippen molar-refractivity contribution in [2.45, 2.75) is 13.0 Å². The Hall–Kier alpha value is -2.47. The van der Waals surface area contributed by atoms with Crippen molar-refractivity contribution in [1.29, 1.82) is 0 Å². The number of carbonyl (C=O) groups is 1. The molecule has 3 heterocycles. The molecule has 0 saturated carbocycles. The lowest BCUT2D eigenvalue weighted by Gasteiger charge is -2.38. The van der Waals surface area contributed by atoms with Crippen LogP contribution in [-0.4, -0.2) is 40.0 Å². The fourth-order valence-corrected chi connectivity index (χ4v) is 3.32. The quantitative estimate of drug-likeness (QED) is 0.743. The van der Waals surface area contributed by atoms with Crippen molar-refractivity contribution in [2.24, 2.45) is 0 Å². The highest BCUT2D eigenvalue weighted by Gasteiger charge is 2.33. The van der Waals surface area contributed by atoms with Crippen LogP contribution in [0, 0.1) is 6.92 Å². The van der Waals surface area contributed by atoms with Gasteiger partial charge in [0.2, 0.25) is 5.88 Å². The number of aryl methyl sites for hydroxylation is 1. The highest BCUT2D eigenvalue weighted by Crippen LogP contribution is 2.23. The molecule has 1 saturated heterocycles. The SMILES string of the molecule is Cc1cccc(OC2CN(C(=O)c3ccc4ncsc4c3)C2)n1. The highest BCUT2D eigenvalue weighted by molar-refractivity contribution is 7.16. The molecule has 1 aliphatic heterocycles. The molecule has 4 rings (SSSR count). The molecule has 1 aromatic carbocycles. The molecule has 0 N–H and O–H groups in total. The van der Waals surface area contributed by atoms with Gasteiger partial charge in [0, 0.05) is 17.3 Å². The molecular weight excluding hydrogens is 310 g/mol. The normalized spacial score (nSPS) is 14.7. The number of amides is 1. The first-order valence-electron chi connectivity index (χ1n) is 7.42. The number of ether oxygens (including phenoxy) is 1. The standard InChI is InChI=1S/C17H15N3O2S/c1-11-3-2-4-16(19-11)22-13-8-20(9-13)17(21)12-5-6-14-15(7-12)23-10-18-14/h2-7,10,13H,8-9H2,1H3. The van der Waals surface area contributed by atoms with E-state index in [4.69, 9.17) is 4.74 Å². The maximum absolute atomic E-state index is 12.5. The van der Waals surface area contributed by atoms with Crippen LogP contribution in [0.1, 0.15) is 16.1 Å². The van der Waals surface area contributed by atoms with Crippen molar-refractivity contribution in [1.82, 2.24) is 14.9 Å². The molecule has 0 atom stereocenters. The molecular formula is C17H15N3O2S. The molecule has 116 valence electrons. The smallest absolute Gasteiger partial charge is 0.254 e. The van der Waals surface area contributed by atoms with Gasteiger partial charge in [-0.3, -0.25) is 4.79 Å². The van der Waals surface area contributed by atoms with E-state index in [2.05, 4.69) is 9.97 Å². The number of nitrogens with zero attached hydrogens (tertiary/aromatic N) is 3. The van der Waals surface area contributed by atoms with Gasteiger partial charge in [0.05, 0.1) is 28.8 Å².